The minimum atomic E-state index is -0.292. The molecule has 5 nitrogen and oxygen atoms in total. The summed E-state index contributed by atoms with van der Waals surface area (Å²) >= 11 is 0. The number of rotatable bonds is 7. The molecular weight excluding hydrogens is 292 g/mol. The van der Waals surface area contributed by atoms with E-state index in [9.17, 15) is 4.79 Å². The molecule has 0 radical (unpaired) electrons. The molecule has 0 bridgehead atoms. The van der Waals surface area contributed by atoms with E-state index in [0.29, 0.717) is 17.9 Å². The third-order valence-corrected chi connectivity index (χ3v) is 2.96. The average Bonchev–Trinajstić information content (AvgIpc) is 2.60. The van der Waals surface area contributed by atoms with Crippen molar-refractivity contribution in [2.24, 2.45) is 5.10 Å². The molecule has 0 spiro atoms. The first-order chi connectivity index (χ1) is 11.2. The maximum Gasteiger partial charge on any atom is 0.271 e. The summed E-state index contributed by atoms with van der Waals surface area (Å²) in [6.45, 7) is 4.01. The van der Waals surface area contributed by atoms with Crippen LogP contribution in [-0.4, -0.2) is 25.8 Å². The highest BCUT2D eigenvalue weighted by atomic mass is 16.5. The van der Waals surface area contributed by atoms with Gasteiger partial charge >= 0.3 is 0 Å². The molecule has 5 heteroatoms. The number of hydrogen-bond donors (Lipinski definition) is 1. The first-order valence-corrected chi connectivity index (χ1v) is 7.04. The molecule has 0 heterocycles. The number of nitrogens with zero attached hydrogens (tertiary/aromatic N) is 1. The summed E-state index contributed by atoms with van der Waals surface area (Å²) in [5.41, 5.74) is 3.81. The Labute approximate surface area is 135 Å². The van der Waals surface area contributed by atoms with Crippen LogP contribution in [0.2, 0.25) is 0 Å². The van der Waals surface area contributed by atoms with Gasteiger partial charge in [0.25, 0.3) is 5.91 Å². The first kappa shape index (κ1) is 16.3. The van der Waals surface area contributed by atoms with E-state index < -0.39 is 0 Å². The number of carbonyl (C=O) groups excluding carboxylic acids is 1. The summed E-state index contributed by atoms with van der Waals surface area (Å²) in [5, 5.41) is 3.94. The van der Waals surface area contributed by atoms with E-state index in [0.717, 1.165) is 11.3 Å². The number of nitrogens with one attached hydrogen (secondary N) is 1. The Morgan fingerprint density at radius 3 is 2.70 bits per heavy atom. The molecule has 0 aliphatic heterocycles. The van der Waals surface area contributed by atoms with Crippen molar-refractivity contribution < 1.29 is 14.3 Å². The molecule has 118 valence electrons. The molecule has 1 amide bonds. The van der Waals surface area contributed by atoms with Gasteiger partial charge in [-0.3, -0.25) is 4.79 Å². The predicted molar refractivity (Wildman–Crippen MR) is 90.2 cm³/mol. The molecule has 0 atom stereocenters. The molecule has 2 rings (SSSR count). The Morgan fingerprint density at radius 2 is 2.00 bits per heavy atom. The topological polar surface area (TPSA) is 59.9 Å². The Balaban J connectivity index is 1.93. The van der Waals surface area contributed by atoms with Crippen molar-refractivity contribution in [2.75, 3.05) is 13.7 Å². The van der Waals surface area contributed by atoms with Crippen molar-refractivity contribution in [3.63, 3.8) is 0 Å². The fourth-order valence-corrected chi connectivity index (χ4v) is 1.81. The van der Waals surface area contributed by atoms with Gasteiger partial charge in [-0.15, -0.1) is 0 Å². The van der Waals surface area contributed by atoms with E-state index in [1.165, 1.54) is 0 Å². The normalized spacial score (nSPS) is 10.3. The predicted octanol–water partition coefficient (Wildman–Crippen LogP) is 3.02. The van der Waals surface area contributed by atoms with Crippen LogP contribution in [0.1, 0.15) is 15.9 Å². The van der Waals surface area contributed by atoms with Gasteiger partial charge in [0.15, 0.2) is 0 Å². The van der Waals surface area contributed by atoms with Crippen molar-refractivity contribution in [2.45, 2.75) is 0 Å². The zero-order valence-corrected chi connectivity index (χ0v) is 12.9. The summed E-state index contributed by atoms with van der Waals surface area (Å²) in [5.74, 6) is 1.12. The second-order valence-electron chi connectivity index (χ2n) is 4.60. The van der Waals surface area contributed by atoms with Crippen LogP contribution >= 0.6 is 0 Å². The Morgan fingerprint density at radius 1 is 1.22 bits per heavy atom. The van der Waals surface area contributed by atoms with Gasteiger partial charge in [-0.2, -0.15) is 5.10 Å². The maximum atomic E-state index is 12.0. The van der Waals surface area contributed by atoms with Gasteiger partial charge < -0.3 is 9.47 Å². The van der Waals surface area contributed by atoms with Gasteiger partial charge in [-0.1, -0.05) is 24.8 Å². The molecule has 0 aromatic heterocycles. The van der Waals surface area contributed by atoms with Crippen LogP contribution < -0.4 is 14.9 Å². The van der Waals surface area contributed by atoms with E-state index in [4.69, 9.17) is 9.47 Å². The van der Waals surface area contributed by atoms with Crippen LogP contribution in [0.3, 0.4) is 0 Å². The van der Waals surface area contributed by atoms with Crippen LogP contribution in [0, 0.1) is 0 Å². The van der Waals surface area contributed by atoms with Gasteiger partial charge in [0.1, 0.15) is 18.1 Å². The summed E-state index contributed by atoms with van der Waals surface area (Å²) in [6.07, 6.45) is 3.22. The highest BCUT2D eigenvalue weighted by Crippen LogP contribution is 2.12. The zero-order valence-electron chi connectivity index (χ0n) is 12.9. The van der Waals surface area contributed by atoms with Crippen molar-refractivity contribution in [1.29, 1.82) is 0 Å². The lowest BCUT2D eigenvalue weighted by atomic mass is 10.2. The molecule has 1 N–H and O–H groups in total. The number of hydrazone groups is 1. The van der Waals surface area contributed by atoms with Gasteiger partial charge in [-0.05, 0) is 42.0 Å². The molecule has 0 unspecified atom stereocenters. The molecule has 23 heavy (non-hydrogen) atoms. The molecular formula is C18H18N2O3. The SMILES string of the molecule is C=CCOc1ccc(C(=O)N/N=C/c2cccc(OC)c2)cc1. The van der Waals surface area contributed by atoms with E-state index in [1.807, 2.05) is 24.3 Å². The van der Waals surface area contributed by atoms with E-state index >= 15 is 0 Å². The fourth-order valence-electron chi connectivity index (χ4n) is 1.81. The minimum absolute atomic E-state index is 0.292. The van der Waals surface area contributed by atoms with Gasteiger partial charge in [0.2, 0.25) is 0 Å². The number of amides is 1. The number of carbonyl (C=O) groups is 1. The number of hydrogen-bond acceptors (Lipinski definition) is 4. The van der Waals surface area contributed by atoms with Crippen LogP contribution in [0.25, 0.3) is 0 Å². The smallest absolute Gasteiger partial charge is 0.271 e. The molecule has 0 saturated carbocycles. The summed E-state index contributed by atoms with van der Waals surface area (Å²) in [7, 11) is 1.60. The second-order valence-corrected chi connectivity index (χ2v) is 4.60. The van der Waals surface area contributed by atoms with Crippen LogP contribution in [-0.2, 0) is 0 Å². The molecule has 0 fully saturated rings. The minimum Gasteiger partial charge on any atom is -0.497 e. The van der Waals surface area contributed by atoms with Crippen molar-refractivity contribution in [3.05, 3.63) is 72.3 Å². The van der Waals surface area contributed by atoms with E-state index in [1.54, 1.807) is 43.7 Å². The molecule has 0 aliphatic rings. The lowest BCUT2D eigenvalue weighted by Gasteiger charge is -2.04. The standard InChI is InChI=1S/C18H18N2O3/c1-3-11-23-16-9-7-15(8-10-16)18(21)20-19-13-14-5-4-6-17(12-14)22-2/h3-10,12-13H,1,11H2,2H3,(H,20,21)/b19-13+. The Hall–Kier alpha value is -3.08. The van der Waals surface area contributed by atoms with E-state index in [2.05, 4.69) is 17.1 Å². The Kier molecular flexibility index (Phi) is 5.94. The second kappa shape index (κ2) is 8.38. The fraction of sp³-hybridized carbons (Fsp3) is 0.111. The molecule has 2 aromatic carbocycles. The van der Waals surface area contributed by atoms with Crippen molar-refractivity contribution in [1.82, 2.24) is 5.43 Å². The lowest BCUT2D eigenvalue weighted by molar-refractivity contribution is 0.0955. The summed E-state index contributed by atoms with van der Waals surface area (Å²) in [6, 6.07) is 14.2. The quantitative estimate of drug-likeness (QED) is 0.486. The largest absolute Gasteiger partial charge is 0.497 e. The average molecular weight is 310 g/mol. The van der Waals surface area contributed by atoms with Crippen molar-refractivity contribution in [3.8, 4) is 11.5 Å². The molecule has 2 aromatic rings. The zero-order chi connectivity index (χ0) is 16.5. The van der Waals surface area contributed by atoms with Crippen LogP contribution in [0.15, 0.2) is 66.3 Å². The highest BCUT2D eigenvalue weighted by Gasteiger charge is 2.04. The third kappa shape index (κ3) is 5.00. The maximum absolute atomic E-state index is 12.0. The third-order valence-electron chi connectivity index (χ3n) is 2.96. The number of ether oxygens (including phenoxy) is 2. The molecule has 0 saturated heterocycles. The number of benzene rings is 2. The molecule has 0 aliphatic carbocycles. The lowest BCUT2D eigenvalue weighted by Crippen LogP contribution is -2.17. The summed E-state index contributed by atoms with van der Waals surface area (Å²) in [4.78, 5) is 12.0. The van der Waals surface area contributed by atoms with Crippen LogP contribution in [0.4, 0.5) is 0 Å². The van der Waals surface area contributed by atoms with Gasteiger partial charge in [-0.25, -0.2) is 5.43 Å². The van der Waals surface area contributed by atoms with Gasteiger partial charge in [0.05, 0.1) is 13.3 Å². The van der Waals surface area contributed by atoms with E-state index in [-0.39, 0.29) is 5.91 Å². The monoisotopic (exact) mass is 310 g/mol. The highest BCUT2D eigenvalue weighted by molar-refractivity contribution is 5.95. The summed E-state index contributed by atoms with van der Waals surface area (Å²) < 4.78 is 10.5. The van der Waals surface area contributed by atoms with Crippen LogP contribution in [0.5, 0.6) is 11.5 Å². The number of methoxy groups -OCH3 is 1. The Bertz CT molecular complexity index is 694. The van der Waals surface area contributed by atoms with Gasteiger partial charge in [0, 0.05) is 5.56 Å². The van der Waals surface area contributed by atoms with Crippen molar-refractivity contribution >= 4 is 12.1 Å². The first-order valence-electron chi connectivity index (χ1n) is 7.04.